The molecule has 2 aromatic heterocycles. The van der Waals surface area contributed by atoms with Gasteiger partial charge >= 0.3 is 0 Å². The summed E-state index contributed by atoms with van der Waals surface area (Å²) in [6.07, 6.45) is 4.07. The average molecular weight is 367 g/mol. The predicted octanol–water partition coefficient (Wildman–Crippen LogP) is 3.08. The maximum atomic E-state index is 14.1. The minimum atomic E-state index is -0.580. The Morgan fingerprint density at radius 3 is 2.96 bits per heavy atom. The van der Waals surface area contributed by atoms with Gasteiger partial charge in [-0.1, -0.05) is 12.1 Å². The second-order valence-electron chi connectivity index (χ2n) is 6.58. The SMILES string of the molecule is Cc1cc(=O)c(C(=O)NC2CCCc3occc32)nn1-c1ccccc1F. The van der Waals surface area contributed by atoms with Crippen LogP contribution in [0.25, 0.3) is 5.69 Å². The van der Waals surface area contributed by atoms with Crippen LogP contribution < -0.4 is 10.7 Å². The summed E-state index contributed by atoms with van der Waals surface area (Å²) in [6.45, 7) is 1.64. The van der Waals surface area contributed by atoms with Gasteiger partial charge in [-0.3, -0.25) is 9.59 Å². The standard InChI is InChI=1S/C20H18FN3O3/c1-12-11-17(25)19(23-24(12)16-7-3-2-5-14(16)21)20(26)22-15-6-4-8-18-13(15)9-10-27-18/h2-3,5,7,9-11,15H,4,6,8H2,1H3,(H,22,26). The number of furan rings is 1. The first-order valence-electron chi connectivity index (χ1n) is 8.77. The fraction of sp³-hybridized carbons (Fsp3) is 0.250. The molecule has 7 heteroatoms. The van der Waals surface area contributed by atoms with E-state index in [-0.39, 0.29) is 17.4 Å². The van der Waals surface area contributed by atoms with Crippen molar-refractivity contribution in [3.63, 3.8) is 0 Å². The first-order chi connectivity index (χ1) is 13.0. The second kappa shape index (κ2) is 6.83. The topological polar surface area (TPSA) is 77.1 Å². The van der Waals surface area contributed by atoms with Crippen molar-refractivity contribution in [2.75, 3.05) is 0 Å². The molecule has 1 aliphatic carbocycles. The number of para-hydroxylation sites is 1. The minimum Gasteiger partial charge on any atom is -0.469 e. The maximum Gasteiger partial charge on any atom is 0.276 e. The van der Waals surface area contributed by atoms with Crippen LogP contribution in [-0.2, 0) is 6.42 Å². The Kier molecular flexibility index (Phi) is 4.35. The number of hydrogen-bond acceptors (Lipinski definition) is 4. The summed E-state index contributed by atoms with van der Waals surface area (Å²) in [5, 5.41) is 7.00. The van der Waals surface area contributed by atoms with Gasteiger partial charge in [0.1, 0.15) is 17.3 Å². The highest BCUT2D eigenvalue weighted by atomic mass is 19.1. The van der Waals surface area contributed by atoms with Crippen molar-refractivity contribution in [2.24, 2.45) is 0 Å². The fourth-order valence-corrected chi connectivity index (χ4v) is 3.44. The van der Waals surface area contributed by atoms with Crippen molar-refractivity contribution in [3.8, 4) is 5.69 Å². The lowest BCUT2D eigenvalue weighted by molar-refractivity contribution is 0.0924. The Hall–Kier alpha value is -3.22. The number of benzene rings is 1. The minimum absolute atomic E-state index is 0.179. The van der Waals surface area contributed by atoms with Crippen LogP contribution in [0, 0.1) is 12.7 Å². The molecule has 1 amide bonds. The number of aromatic nitrogens is 2. The summed E-state index contributed by atoms with van der Waals surface area (Å²) >= 11 is 0. The van der Waals surface area contributed by atoms with E-state index in [1.54, 1.807) is 31.4 Å². The lowest BCUT2D eigenvalue weighted by Gasteiger charge is -2.22. The molecule has 1 unspecified atom stereocenters. The lowest BCUT2D eigenvalue weighted by Crippen LogP contribution is -2.35. The van der Waals surface area contributed by atoms with Crippen LogP contribution in [0.4, 0.5) is 4.39 Å². The van der Waals surface area contributed by atoms with Gasteiger partial charge in [0.25, 0.3) is 5.91 Å². The van der Waals surface area contributed by atoms with Gasteiger partial charge in [-0.15, -0.1) is 0 Å². The van der Waals surface area contributed by atoms with Crippen molar-refractivity contribution in [3.05, 3.63) is 81.4 Å². The Bertz CT molecular complexity index is 1070. The first-order valence-corrected chi connectivity index (χ1v) is 8.77. The zero-order valence-corrected chi connectivity index (χ0v) is 14.7. The summed E-state index contributed by atoms with van der Waals surface area (Å²) in [6, 6.07) is 8.97. The molecule has 0 aliphatic heterocycles. The van der Waals surface area contributed by atoms with Crippen LogP contribution in [0.1, 0.15) is 46.4 Å². The number of carbonyl (C=O) groups excluding carboxylic acids is 1. The van der Waals surface area contributed by atoms with E-state index in [0.29, 0.717) is 5.69 Å². The summed E-state index contributed by atoms with van der Waals surface area (Å²) in [4.78, 5) is 25.1. The number of aryl methyl sites for hydroxylation is 2. The zero-order chi connectivity index (χ0) is 19.0. The normalized spacial score (nSPS) is 16.0. The molecule has 138 valence electrons. The van der Waals surface area contributed by atoms with Crippen molar-refractivity contribution >= 4 is 5.91 Å². The summed E-state index contributed by atoms with van der Waals surface area (Å²) < 4.78 is 20.8. The average Bonchev–Trinajstić information content (AvgIpc) is 3.12. The molecule has 0 bridgehead atoms. The van der Waals surface area contributed by atoms with E-state index in [1.165, 1.54) is 16.8 Å². The third-order valence-electron chi connectivity index (χ3n) is 4.76. The van der Waals surface area contributed by atoms with Crippen LogP contribution in [0.3, 0.4) is 0 Å². The molecule has 1 N–H and O–H groups in total. The van der Waals surface area contributed by atoms with E-state index in [0.717, 1.165) is 30.6 Å². The zero-order valence-electron chi connectivity index (χ0n) is 14.7. The van der Waals surface area contributed by atoms with Crippen LogP contribution in [0.15, 0.2) is 51.9 Å². The number of carbonyl (C=O) groups is 1. The number of halogens is 1. The van der Waals surface area contributed by atoms with E-state index in [4.69, 9.17) is 4.42 Å². The Labute approximate surface area is 154 Å². The summed E-state index contributed by atoms with van der Waals surface area (Å²) in [5.41, 5.74) is 0.784. The van der Waals surface area contributed by atoms with Gasteiger partial charge in [0.05, 0.1) is 12.3 Å². The van der Waals surface area contributed by atoms with Crippen molar-refractivity contribution in [1.82, 2.24) is 15.1 Å². The first kappa shape index (κ1) is 17.2. The molecule has 27 heavy (non-hydrogen) atoms. The summed E-state index contributed by atoms with van der Waals surface area (Å²) in [5.74, 6) is -0.213. The fourth-order valence-electron chi connectivity index (χ4n) is 3.44. The van der Waals surface area contributed by atoms with Gasteiger partial charge in [-0.2, -0.15) is 5.10 Å². The van der Waals surface area contributed by atoms with E-state index in [2.05, 4.69) is 10.4 Å². The molecule has 0 saturated carbocycles. The number of nitrogens with zero attached hydrogens (tertiary/aromatic N) is 2. The molecular formula is C20H18FN3O3. The molecular weight excluding hydrogens is 349 g/mol. The van der Waals surface area contributed by atoms with Crippen LogP contribution in [-0.4, -0.2) is 15.7 Å². The third kappa shape index (κ3) is 3.16. The molecule has 0 fully saturated rings. The molecule has 3 aromatic rings. The molecule has 6 nitrogen and oxygen atoms in total. The van der Waals surface area contributed by atoms with Gasteiger partial charge in [0.15, 0.2) is 5.69 Å². The maximum absolute atomic E-state index is 14.1. The highest BCUT2D eigenvalue weighted by Gasteiger charge is 2.26. The van der Waals surface area contributed by atoms with Gasteiger partial charge in [-0.25, -0.2) is 9.07 Å². The van der Waals surface area contributed by atoms with Crippen LogP contribution >= 0.6 is 0 Å². The smallest absolute Gasteiger partial charge is 0.276 e. The quantitative estimate of drug-likeness (QED) is 0.772. The van der Waals surface area contributed by atoms with Gasteiger partial charge in [-0.05, 0) is 38.0 Å². The Balaban J connectivity index is 1.68. The highest BCUT2D eigenvalue weighted by molar-refractivity contribution is 5.92. The van der Waals surface area contributed by atoms with Crippen molar-refractivity contribution in [2.45, 2.75) is 32.2 Å². The molecule has 1 atom stereocenters. The van der Waals surface area contributed by atoms with E-state index in [1.807, 2.05) is 6.07 Å². The van der Waals surface area contributed by atoms with Crippen LogP contribution in [0.5, 0.6) is 0 Å². The van der Waals surface area contributed by atoms with E-state index < -0.39 is 17.2 Å². The number of rotatable bonds is 3. The van der Waals surface area contributed by atoms with E-state index >= 15 is 0 Å². The molecule has 2 heterocycles. The summed E-state index contributed by atoms with van der Waals surface area (Å²) in [7, 11) is 0. The number of amides is 1. The molecule has 0 saturated heterocycles. The highest BCUT2D eigenvalue weighted by Crippen LogP contribution is 2.30. The second-order valence-corrected chi connectivity index (χ2v) is 6.58. The van der Waals surface area contributed by atoms with E-state index in [9.17, 15) is 14.0 Å². The molecule has 0 spiro atoms. The number of hydrogen-bond donors (Lipinski definition) is 1. The largest absolute Gasteiger partial charge is 0.469 e. The Morgan fingerprint density at radius 2 is 2.15 bits per heavy atom. The van der Waals surface area contributed by atoms with Crippen molar-refractivity contribution < 1.29 is 13.6 Å². The molecule has 0 radical (unpaired) electrons. The van der Waals surface area contributed by atoms with Crippen LogP contribution in [0.2, 0.25) is 0 Å². The van der Waals surface area contributed by atoms with Gasteiger partial charge < -0.3 is 9.73 Å². The van der Waals surface area contributed by atoms with Crippen molar-refractivity contribution in [1.29, 1.82) is 0 Å². The molecule has 4 rings (SSSR count). The molecule has 1 aliphatic rings. The number of nitrogens with one attached hydrogen (secondary N) is 1. The monoisotopic (exact) mass is 367 g/mol. The number of fused-ring (bicyclic) bond motifs is 1. The van der Waals surface area contributed by atoms with Gasteiger partial charge in [0.2, 0.25) is 5.43 Å². The third-order valence-corrected chi connectivity index (χ3v) is 4.76. The predicted molar refractivity (Wildman–Crippen MR) is 96.4 cm³/mol. The van der Waals surface area contributed by atoms with Gasteiger partial charge in [0, 0.05) is 23.7 Å². The lowest BCUT2D eigenvalue weighted by atomic mass is 9.93. The Morgan fingerprint density at radius 1 is 1.33 bits per heavy atom. The molecule has 1 aromatic carbocycles.